The number of esters is 1. The number of benzene rings is 2. The van der Waals surface area contributed by atoms with Crippen molar-refractivity contribution in [3.05, 3.63) is 54.1 Å². The molecule has 1 N–H and O–H groups in total. The summed E-state index contributed by atoms with van der Waals surface area (Å²) >= 11 is 4.41. The number of methoxy groups -OCH3 is 1. The molecule has 31 heavy (non-hydrogen) atoms. The zero-order valence-electron chi connectivity index (χ0n) is 17.1. The van der Waals surface area contributed by atoms with Crippen molar-refractivity contribution in [2.75, 3.05) is 25.6 Å². The monoisotopic (exact) mass is 464 g/mol. The van der Waals surface area contributed by atoms with Crippen LogP contribution in [0.5, 0.6) is 5.75 Å². The van der Waals surface area contributed by atoms with E-state index in [1.807, 2.05) is 0 Å². The van der Waals surface area contributed by atoms with E-state index in [0.717, 1.165) is 0 Å². The molecule has 0 aromatic heterocycles. The highest BCUT2D eigenvalue weighted by atomic mass is 32.2. The Hall–Kier alpha value is -2.56. The summed E-state index contributed by atoms with van der Waals surface area (Å²) in [5.74, 6) is -0.378. The summed E-state index contributed by atoms with van der Waals surface area (Å²) in [5, 5.41) is 2.45. The van der Waals surface area contributed by atoms with E-state index in [0.29, 0.717) is 17.0 Å². The Bertz CT molecular complexity index is 1040. The van der Waals surface area contributed by atoms with Crippen LogP contribution in [0.3, 0.4) is 0 Å². The van der Waals surface area contributed by atoms with Crippen LogP contribution in [-0.4, -0.2) is 56.2 Å². The van der Waals surface area contributed by atoms with Crippen LogP contribution >= 0.6 is 12.6 Å². The molecule has 1 aliphatic rings. The van der Waals surface area contributed by atoms with E-state index in [2.05, 4.69) is 17.9 Å². The molecule has 166 valence electrons. The zero-order chi connectivity index (χ0) is 22.6. The maximum atomic E-state index is 13.1. The van der Waals surface area contributed by atoms with E-state index >= 15 is 0 Å². The minimum absolute atomic E-state index is 0.0762. The molecule has 2 unspecified atom stereocenters. The lowest BCUT2D eigenvalue weighted by Gasteiger charge is -2.23. The largest absolute Gasteiger partial charge is 0.497 e. The lowest BCUT2D eigenvalue weighted by atomic mass is 10.2. The standard InChI is InChI=1S/C21H24N2O6S2/c1-3-29-21(25)14-4-6-15(7-5-14)22-20(24)19-12-17(30)13-23(19)31(26,27)18-10-8-16(28-2)9-11-18/h4-11,17,19,30H,3,12-13H2,1-2H3,(H,22,24). The van der Waals surface area contributed by atoms with Crippen LogP contribution in [0, 0.1) is 0 Å². The number of sulfonamides is 1. The van der Waals surface area contributed by atoms with Crippen LogP contribution in [0.15, 0.2) is 53.4 Å². The Balaban J connectivity index is 1.77. The fourth-order valence-electron chi connectivity index (χ4n) is 3.30. The molecule has 1 fully saturated rings. The molecule has 0 radical (unpaired) electrons. The van der Waals surface area contributed by atoms with Gasteiger partial charge in [0, 0.05) is 17.5 Å². The fourth-order valence-corrected chi connectivity index (χ4v) is 5.43. The molecular weight excluding hydrogens is 440 g/mol. The molecule has 0 bridgehead atoms. The van der Waals surface area contributed by atoms with Crippen molar-refractivity contribution in [3.63, 3.8) is 0 Å². The fraction of sp³-hybridized carbons (Fsp3) is 0.333. The van der Waals surface area contributed by atoms with E-state index in [1.165, 1.54) is 35.7 Å². The first-order chi connectivity index (χ1) is 14.8. The normalized spacial score (nSPS) is 19.1. The molecule has 0 aliphatic carbocycles. The summed E-state index contributed by atoms with van der Waals surface area (Å²) in [6.07, 6.45) is 0.283. The molecule has 2 atom stereocenters. The summed E-state index contributed by atoms with van der Waals surface area (Å²) in [6.45, 7) is 2.11. The number of rotatable bonds is 7. The zero-order valence-corrected chi connectivity index (χ0v) is 18.9. The summed E-state index contributed by atoms with van der Waals surface area (Å²) < 4.78 is 37.5. The molecule has 1 heterocycles. The Labute approximate surface area is 187 Å². The minimum atomic E-state index is -3.90. The van der Waals surface area contributed by atoms with Crippen LogP contribution in [0.1, 0.15) is 23.7 Å². The smallest absolute Gasteiger partial charge is 0.338 e. The average Bonchev–Trinajstić information content (AvgIpc) is 3.17. The van der Waals surface area contributed by atoms with Gasteiger partial charge in [0.25, 0.3) is 0 Å². The molecule has 2 aromatic rings. The van der Waals surface area contributed by atoms with Crippen LogP contribution in [-0.2, 0) is 19.6 Å². The Morgan fingerprint density at radius 1 is 1.13 bits per heavy atom. The number of carbonyl (C=O) groups excluding carboxylic acids is 2. The van der Waals surface area contributed by atoms with Gasteiger partial charge in [-0.15, -0.1) is 0 Å². The van der Waals surface area contributed by atoms with Gasteiger partial charge in [0.15, 0.2) is 0 Å². The maximum Gasteiger partial charge on any atom is 0.338 e. The molecule has 3 rings (SSSR count). The van der Waals surface area contributed by atoms with Crippen molar-refractivity contribution in [3.8, 4) is 5.75 Å². The summed E-state index contributed by atoms with van der Waals surface area (Å²) in [4.78, 5) is 24.7. The van der Waals surface area contributed by atoms with Crippen LogP contribution in [0.2, 0.25) is 0 Å². The predicted molar refractivity (Wildman–Crippen MR) is 119 cm³/mol. The third-order valence-electron chi connectivity index (χ3n) is 4.87. The first kappa shape index (κ1) is 23.1. The number of thiol groups is 1. The van der Waals surface area contributed by atoms with Crippen molar-refractivity contribution in [1.82, 2.24) is 4.31 Å². The number of hydrogen-bond donors (Lipinski definition) is 2. The predicted octanol–water partition coefficient (Wildman–Crippen LogP) is 2.57. The highest BCUT2D eigenvalue weighted by Gasteiger charge is 2.43. The van der Waals surface area contributed by atoms with E-state index < -0.39 is 27.9 Å². The topological polar surface area (TPSA) is 102 Å². The third-order valence-corrected chi connectivity index (χ3v) is 7.13. The summed E-state index contributed by atoms with van der Waals surface area (Å²) in [5.41, 5.74) is 0.808. The molecule has 0 spiro atoms. The van der Waals surface area contributed by atoms with E-state index in [4.69, 9.17) is 9.47 Å². The van der Waals surface area contributed by atoms with Gasteiger partial charge in [0.1, 0.15) is 11.8 Å². The van der Waals surface area contributed by atoms with E-state index in [-0.39, 0.29) is 29.7 Å². The van der Waals surface area contributed by atoms with E-state index in [1.54, 1.807) is 31.2 Å². The van der Waals surface area contributed by atoms with Crippen LogP contribution in [0.25, 0.3) is 0 Å². The number of carbonyl (C=O) groups is 2. The van der Waals surface area contributed by atoms with Crippen molar-refractivity contribution in [2.45, 2.75) is 29.5 Å². The first-order valence-corrected chi connectivity index (χ1v) is 11.6. The van der Waals surface area contributed by atoms with Gasteiger partial charge in [0.2, 0.25) is 15.9 Å². The number of ether oxygens (including phenoxy) is 2. The van der Waals surface area contributed by atoms with Crippen LogP contribution < -0.4 is 10.1 Å². The maximum absolute atomic E-state index is 13.1. The number of nitrogens with one attached hydrogen (secondary N) is 1. The Morgan fingerprint density at radius 3 is 2.35 bits per heavy atom. The Morgan fingerprint density at radius 2 is 1.77 bits per heavy atom. The minimum Gasteiger partial charge on any atom is -0.497 e. The molecule has 10 heteroatoms. The SMILES string of the molecule is CCOC(=O)c1ccc(NC(=O)C2CC(S)CN2S(=O)(=O)c2ccc(OC)cc2)cc1. The molecule has 1 amide bonds. The number of hydrogen-bond acceptors (Lipinski definition) is 7. The lowest BCUT2D eigenvalue weighted by Crippen LogP contribution is -2.43. The molecule has 1 saturated heterocycles. The van der Waals surface area contributed by atoms with Gasteiger partial charge in [-0.05, 0) is 61.9 Å². The van der Waals surface area contributed by atoms with Crippen LogP contribution in [0.4, 0.5) is 5.69 Å². The van der Waals surface area contributed by atoms with Gasteiger partial charge >= 0.3 is 5.97 Å². The van der Waals surface area contributed by atoms with Crippen molar-refractivity contribution < 1.29 is 27.5 Å². The third kappa shape index (κ3) is 5.20. The van der Waals surface area contributed by atoms with Gasteiger partial charge in [-0.1, -0.05) is 0 Å². The number of nitrogens with zero attached hydrogens (tertiary/aromatic N) is 1. The molecule has 0 saturated carbocycles. The van der Waals surface area contributed by atoms with Gasteiger partial charge in [-0.3, -0.25) is 4.79 Å². The van der Waals surface area contributed by atoms with E-state index in [9.17, 15) is 18.0 Å². The van der Waals surface area contributed by atoms with Crippen molar-refractivity contribution in [1.29, 1.82) is 0 Å². The highest BCUT2D eigenvalue weighted by Crippen LogP contribution is 2.30. The Kier molecular flexibility index (Phi) is 7.24. The second-order valence-electron chi connectivity index (χ2n) is 6.94. The number of anilines is 1. The molecule has 1 aliphatic heterocycles. The summed E-state index contributed by atoms with van der Waals surface area (Å²) in [7, 11) is -2.41. The highest BCUT2D eigenvalue weighted by molar-refractivity contribution is 7.89. The molecule has 2 aromatic carbocycles. The van der Waals surface area contributed by atoms with Gasteiger partial charge in [0.05, 0.1) is 24.2 Å². The second-order valence-corrected chi connectivity index (χ2v) is 9.56. The average molecular weight is 465 g/mol. The molecular formula is C21H24N2O6S2. The second kappa shape index (κ2) is 9.71. The summed E-state index contributed by atoms with van der Waals surface area (Å²) in [6, 6.07) is 11.3. The lowest BCUT2D eigenvalue weighted by molar-refractivity contribution is -0.119. The quantitative estimate of drug-likeness (QED) is 0.482. The van der Waals surface area contributed by atoms with Gasteiger partial charge in [-0.2, -0.15) is 16.9 Å². The van der Waals surface area contributed by atoms with Crippen molar-refractivity contribution in [2.24, 2.45) is 0 Å². The molecule has 8 nitrogen and oxygen atoms in total. The van der Waals surface area contributed by atoms with Gasteiger partial charge in [-0.25, -0.2) is 13.2 Å². The van der Waals surface area contributed by atoms with Crippen molar-refractivity contribution >= 4 is 40.2 Å². The van der Waals surface area contributed by atoms with Gasteiger partial charge < -0.3 is 14.8 Å². The number of amides is 1. The first-order valence-electron chi connectivity index (χ1n) is 9.68.